The number of halogens is 3. The number of nitrogens with one attached hydrogen (secondary N) is 2. The van der Waals surface area contributed by atoms with E-state index in [1.165, 1.54) is 0 Å². The molecule has 0 atom stereocenters. The molecule has 0 radical (unpaired) electrons. The number of likely N-dealkylation sites (N-methyl/N-ethyl adjacent to an activating group) is 1. The predicted octanol–water partition coefficient (Wildman–Crippen LogP) is 2.47. The van der Waals surface area contributed by atoms with E-state index in [0.29, 0.717) is 17.1 Å². The highest BCUT2D eigenvalue weighted by Crippen LogP contribution is 2.22. The first-order chi connectivity index (χ1) is 7.15. The summed E-state index contributed by atoms with van der Waals surface area (Å²) in [5.41, 5.74) is 0.599. The molecule has 6 heteroatoms. The molecule has 90 valence electrons. The fraction of sp³-hybridized carbons (Fsp3) is 0.300. The van der Waals surface area contributed by atoms with Gasteiger partial charge in [-0.1, -0.05) is 11.6 Å². The number of carbonyl (C=O) groups is 1. The van der Waals surface area contributed by atoms with E-state index in [1.54, 1.807) is 18.2 Å². The highest BCUT2D eigenvalue weighted by atomic mass is 79.9. The van der Waals surface area contributed by atoms with Crippen molar-refractivity contribution in [3.05, 3.63) is 33.3 Å². The Balaban J connectivity index is 0.00000225. The molecule has 1 rings (SSSR count). The van der Waals surface area contributed by atoms with Gasteiger partial charge in [0.05, 0.1) is 5.02 Å². The van der Waals surface area contributed by atoms with Crippen LogP contribution in [0.3, 0.4) is 0 Å². The van der Waals surface area contributed by atoms with Gasteiger partial charge in [-0.25, -0.2) is 0 Å². The average molecular weight is 328 g/mol. The molecular formula is C10H13BrCl2N2O. The van der Waals surface area contributed by atoms with Crippen molar-refractivity contribution in [2.24, 2.45) is 0 Å². The van der Waals surface area contributed by atoms with Gasteiger partial charge in [-0.3, -0.25) is 4.79 Å². The molecule has 0 saturated carbocycles. The lowest BCUT2D eigenvalue weighted by atomic mass is 10.2. The van der Waals surface area contributed by atoms with Gasteiger partial charge in [-0.05, 0) is 41.2 Å². The van der Waals surface area contributed by atoms with Crippen molar-refractivity contribution in [2.45, 2.75) is 0 Å². The molecule has 2 N–H and O–H groups in total. The van der Waals surface area contributed by atoms with Crippen LogP contribution in [0.1, 0.15) is 10.4 Å². The van der Waals surface area contributed by atoms with Gasteiger partial charge in [0.15, 0.2) is 0 Å². The lowest BCUT2D eigenvalue weighted by molar-refractivity contribution is 0.0954. The molecule has 0 unspecified atom stereocenters. The Bertz CT molecular complexity index is 361. The molecule has 0 saturated heterocycles. The van der Waals surface area contributed by atoms with Crippen molar-refractivity contribution in [2.75, 3.05) is 20.1 Å². The molecule has 0 aliphatic rings. The van der Waals surface area contributed by atoms with E-state index in [2.05, 4.69) is 26.6 Å². The van der Waals surface area contributed by atoms with E-state index < -0.39 is 0 Å². The second-order valence-corrected chi connectivity index (χ2v) is 4.25. The Morgan fingerprint density at radius 3 is 2.69 bits per heavy atom. The Morgan fingerprint density at radius 1 is 1.44 bits per heavy atom. The van der Waals surface area contributed by atoms with E-state index in [9.17, 15) is 4.79 Å². The molecule has 0 aromatic heterocycles. The van der Waals surface area contributed by atoms with Crippen molar-refractivity contribution in [1.29, 1.82) is 0 Å². The first-order valence-electron chi connectivity index (χ1n) is 4.53. The maximum absolute atomic E-state index is 11.6. The fourth-order valence-electron chi connectivity index (χ4n) is 1.04. The first-order valence-corrected chi connectivity index (χ1v) is 5.70. The zero-order chi connectivity index (χ0) is 11.3. The van der Waals surface area contributed by atoms with Crippen LogP contribution in [-0.2, 0) is 0 Å². The van der Waals surface area contributed by atoms with Crippen LogP contribution in [0.25, 0.3) is 0 Å². The topological polar surface area (TPSA) is 41.1 Å². The van der Waals surface area contributed by atoms with Crippen LogP contribution in [-0.4, -0.2) is 26.0 Å². The van der Waals surface area contributed by atoms with Crippen LogP contribution >= 0.6 is 39.9 Å². The van der Waals surface area contributed by atoms with E-state index in [-0.39, 0.29) is 18.3 Å². The first kappa shape index (κ1) is 15.7. The van der Waals surface area contributed by atoms with Gasteiger partial charge in [0.2, 0.25) is 0 Å². The van der Waals surface area contributed by atoms with Crippen LogP contribution in [0.15, 0.2) is 22.7 Å². The smallest absolute Gasteiger partial charge is 0.251 e. The molecule has 0 bridgehead atoms. The number of hydrogen-bond acceptors (Lipinski definition) is 2. The third kappa shape index (κ3) is 4.70. The van der Waals surface area contributed by atoms with Crippen molar-refractivity contribution in [1.82, 2.24) is 10.6 Å². The minimum atomic E-state index is -0.0948. The lowest BCUT2D eigenvalue weighted by Gasteiger charge is -2.05. The summed E-state index contributed by atoms with van der Waals surface area (Å²) < 4.78 is 0.727. The van der Waals surface area contributed by atoms with E-state index in [1.807, 2.05) is 7.05 Å². The standard InChI is InChI=1S/C10H12BrClN2O.ClH/c1-13-4-5-14-10(15)7-2-3-9(12)8(11)6-7;/h2-3,6,13H,4-5H2,1H3,(H,14,15);1H. The highest BCUT2D eigenvalue weighted by molar-refractivity contribution is 9.10. The van der Waals surface area contributed by atoms with Crippen molar-refractivity contribution >= 4 is 45.8 Å². The largest absolute Gasteiger partial charge is 0.351 e. The van der Waals surface area contributed by atoms with Crippen LogP contribution in [0.4, 0.5) is 0 Å². The van der Waals surface area contributed by atoms with E-state index >= 15 is 0 Å². The molecule has 0 spiro atoms. The highest BCUT2D eigenvalue weighted by Gasteiger charge is 2.06. The third-order valence-corrected chi connectivity index (χ3v) is 3.06. The Hall–Kier alpha value is -0.290. The third-order valence-electron chi connectivity index (χ3n) is 1.84. The summed E-state index contributed by atoms with van der Waals surface area (Å²) in [4.78, 5) is 11.6. The monoisotopic (exact) mass is 326 g/mol. The second kappa shape index (κ2) is 7.90. The van der Waals surface area contributed by atoms with Crippen LogP contribution in [0.2, 0.25) is 5.02 Å². The molecule has 0 aliphatic carbocycles. The minimum Gasteiger partial charge on any atom is -0.351 e. The van der Waals surface area contributed by atoms with Gasteiger partial charge in [-0.2, -0.15) is 0 Å². The molecule has 0 fully saturated rings. The molecule has 0 heterocycles. The molecule has 16 heavy (non-hydrogen) atoms. The number of hydrogen-bond donors (Lipinski definition) is 2. The van der Waals surface area contributed by atoms with Gasteiger partial charge in [0.25, 0.3) is 5.91 Å². The minimum absolute atomic E-state index is 0. The van der Waals surface area contributed by atoms with Gasteiger partial charge >= 0.3 is 0 Å². The molecular weight excluding hydrogens is 315 g/mol. The molecule has 1 amide bonds. The van der Waals surface area contributed by atoms with Gasteiger partial charge in [-0.15, -0.1) is 12.4 Å². The van der Waals surface area contributed by atoms with Gasteiger partial charge in [0.1, 0.15) is 0 Å². The zero-order valence-corrected chi connectivity index (χ0v) is 11.9. The van der Waals surface area contributed by atoms with Crippen LogP contribution in [0, 0.1) is 0 Å². The number of rotatable bonds is 4. The summed E-state index contributed by atoms with van der Waals surface area (Å²) in [6.07, 6.45) is 0. The maximum atomic E-state index is 11.6. The fourth-order valence-corrected chi connectivity index (χ4v) is 1.54. The quantitative estimate of drug-likeness (QED) is 0.834. The summed E-state index contributed by atoms with van der Waals surface area (Å²) in [5, 5.41) is 6.33. The van der Waals surface area contributed by atoms with Crippen molar-refractivity contribution in [3.8, 4) is 0 Å². The molecule has 1 aromatic carbocycles. The van der Waals surface area contributed by atoms with Gasteiger partial charge < -0.3 is 10.6 Å². The van der Waals surface area contributed by atoms with E-state index in [0.717, 1.165) is 11.0 Å². The Morgan fingerprint density at radius 2 is 2.12 bits per heavy atom. The summed E-state index contributed by atoms with van der Waals surface area (Å²) in [5.74, 6) is -0.0948. The SMILES string of the molecule is CNCCNC(=O)c1ccc(Cl)c(Br)c1.Cl. The van der Waals surface area contributed by atoms with Crippen LogP contribution < -0.4 is 10.6 Å². The molecule has 3 nitrogen and oxygen atoms in total. The van der Waals surface area contributed by atoms with E-state index in [4.69, 9.17) is 11.6 Å². The number of carbonyl (C=O) groups excluding carboxylic acids is 1. The number of benzene rings is 1. The van der Waals surface area contributed by atoms with Crippen LogP contribution in [0.5, 0.6) is 0 Å². The second-order valence-electron chi connectivity index (χ2n) is 2.99. The summed E-state index contributed by atoms with van der Waals surface area (Å²) in [7, 11) is 1.84. The average Bonchev–Trinajstić information content (AvgIpc) is 2.22. The molecule has 1 aromatic rings. The lowest BCUT2D eigenvalue weighted by Crippen LogP contribution is -2.30. The van der Waals surface area contributed by atoms with Crippen molar-refractivity contribution < 1.29 is 4.79 Å². The summed E-state index contributed by atoms with van der Waals surface area (Å²) in [6.45, 7) is 1.36. The summed E-state index contributed by atoms with van der Waals surface area (Å²) in [6, 6.07) is 5.09. The number of amides is 1. The Kier molecular flexibility index (Phi) is 7.76. The normalized spacial score (nSPS) is 9.44. The predicted molar refractivity (Wildman–Crippen MR) is 72.7 cm³/mol. The maximum Gasteiger partial charge on any atom is 0.251 e. The van der Waals surface area contributed by atoms with Crippen molar-refractivity contribution in [3.63, 3.8) is 0 Å². The van der Waals surface area contributed by atoms with Gasteiger partial charge in [0, 0.05) is 23.1 Å². The molecule has 0 aliphatic heterocycles. The Labute approximate surface area is 114 Å². The summed E-state index contributed by atoms with van der Waals surface area (Å²) >= 11 is 9.10. The zero-order valence-electron chi connectivity index (χ0n) is 8.72.